The smallest absolute Gasteiger partial charge is 0.189 e. The van der Waals surface area contributed by atoms with Gasteiger partial charge in [0.2, 0.25) is 0 Å². The number of hydrogen-bond donors (Lipinski definition) is 3. The van der Waals surface area contributed by atoms with E-state index in [1.165, 1.54) is 0 Å². The van der Waals surface area contributed by atoms with Gasteiger partial charge in [0, 0.05) is 0 Å². The van der Waals surface area contributed by atoms with Crippen LogP contribution in [0.5, 0.6) is 0 Å². The molecule has 60 valence electrons. The highest BCUT2D eigenvalue weighted by Gasteiger charge is 2.37. The molecule has 0 aliphatic carbocycles. The summed E-state index contributed by atoms with van der Waals surface area (Å²) in [6.45, 7) is -0.233. The maximum atomic E-state index is 12.4. The van der Waals surface area contributed by atoms with Gasteiger partial charge in [-0.1, -0.05) is 0 Å². The molecular formula is C5H9FO4. The maximum absolute atomic E-state index is 12.4. The van der Waals surface area contributed by atoms with E-state index in [4.69, 9.17) is 15.3 Å². The predicted molar refractivity (Wildman–Crippen MR) is 28.9 cm³/mol. The van der Waals surface area contributed by atoms with Crippen LogP contribution in [0.1, 0.15) is 0 Å². The molecule has 1 aliphatic heterocycles. The first-order valence-corrected chi connectivity index (χ1v) is 2.93. The van der Waals surface area contributed by atoms with Gasteiger partial charge in [-0.15, -0.1) is 0 Å². The number of halogens is 1. The van der Waals surface area contributed by atoms with E-state index in [-0.39, 0.29) is 6.61 Å². The maximum Gasteiger partial charge on any atom is 0.189 e. The molecule has 0 bridgehead atoms. The van der Waals surface area contributed by atoms with Gasteiger partial charge in [0.25, 0.3) is 0 Å². The fourth-order valence-corrected chi connectivity index (χ4v) is 0.769. The average molecular weight is 152 g/mol. The Morgan fingerprint density at radius 2 is 1.90 bits per heavy atom. The highest BCUT2D eigenvalue weighted by molar-refractivity contribution is 4.81. The van der Waals surface area contributed by atoms with E-state index in [9.17, 15) is 4.39 Å². The fraction of sp³-hybridized carbons (Fsp3) is 1.00. The lowest BCUT2D eigenvalue weighted by atomic mass is 10.1. The molecule has 1 heterocycles. The SMILES string of the molecule is OC1OC[C@H](O)[C@H](O)[C@H]1F. The first-order chi connectivity index (χ1) is 4.63. The van der Waals surface area contributed by atoms with Crippen molar-refractivity contribution in [1.29, 1.82) is 0 Å². The van der Waals surface area contributed by atoms with Crippen molar-refractivity contribution in [2.45, 2.75) is 24.7 Å². The van der Waals surface area contributed by atoms with Crippen LogP contribution < -0.4 is 0 Å². The van der Waals surface area contributed by atoms with Crippen molar-refractivity contribution in [3.63, 3.8) is 0 Å². The van der Waals surface area contributed by atoms with Crippen molar-refractivity contribution in [2.75, 3.05) is 6.61 Å². The van der Waals surface area contributed by atoms with Crippen molar-refractivity contribution in [2.24, 2.45) is 0 Å². The highest BCUT2D eigenvalue weighted by atomic mass is 19.1. The lowest BCUT2D eigenvalue weighted by Crippen LogP contribution is -2.50. The van der Waals surface area contributed by atoms with E-state index in [0.717, 1.165) is 0 Å². The summed E-state index contributed by atoms with van der Waals surface area (Å²) in [5.74, 6) is 0. The van der Waals surface area contributed by atoms with Crippen LogP contribution >= 0.6 is 0 Å². The molecule has 1 fully saturated rings. The van der Waals surface area contributed by atoms with Gasteiger partial charge in [-0.2, -0.15) is 0 Å². The number of hydrogen-bond acceptors (Lipinski definition) is 4. The van der Waals surface area contributed by atoms with Gasteiger partial charge in [-0.25, -0.2) is 4.39 Å². The van der Waals surface area contributed by atoms with Crippen LogP contribution in [0, 0.1) is 0 Å². The zero-order valence-electron chi connectivity index (χ0n) is 5.14. The largest absolute Gasteiger partial charge is 0.388 e. The van der Waals surface area contributed by atoms with Crippen molar-refractivity contribution < 1.29 is 24.4 Å². The van der Waals surface area contributed by atoms with Crippen molar-refractivity contribution >= 4 is 0 Å². The summed E-state index contributed by atoms with van der Waals surface area (Å²) in [7, 11) is 0. The minimum atomic E-state index is -1.91. The third-order valence-corrected chi connectivity index (χ3v) is 1.43. The Hall–Kier alpha value is -0.230. The molecule has 4 nitrogen and oxygen atoms in total. The van der Waals surface area contributed by atoms with Crippen LogP contribution in [0.25, 0.3) is 0 Å². The van der Waals surface area contributed by atoms with Crippen LogP contribution in [-0.2, 0) is 4.74 Å². The van der Waals surface area contributed by atoms with E-state index in [0.29, 0.717) is 0 Å². The lowest BCUT2D eigenvalue weighted by molar-refractivity contribution is -0.233. The summed E-state index contributed by atoms with van der Waals surface area (Å²) in [4.78, 5) is 0. The molecule has 10 heavy (non-hydrogen) atoms. The molecule has 5 heteroatoms. The van der Waals surface area contributed by atoms with Crippen molar-refractivity contribution in [3.8, 4) is 0 Å². The molecule has 0 spiro atoms. The molecule has 1 unspecified atom stereocenters. The molecule has 3 N–H and O–H groups in total. The third-order valence-electron chi connectivity index (χ3n) is 1.43. The van der Waals surface area contributed by atoms with E-state index in [1.54, 1.807) is 0 Å². The Balaban J connectivity index is 2.52. The predicted octanol–water partition coefficient (Wildman–Crippen LogP) is -1.61. The van der Waals surface area contributed by atoms with Crippen LogP contribution in [0.2, 0.25) is 0 Å². The fourth-order valence-electron chi connectivity index (χ4n) is 0.769. The molecule has 0 aromatic rings. The molecule has 4 atom stereocenters. The standard InChI is InChI=1S/C5H9FO4/c6-3-4(8)2(7)1-10-5(3)9/h2-5,7-9H,1H2/t2-,3+,4-,5?/m0/s1. The first kappa shape index (κ1) is 7.87. The van der Waals surface area contributed by atoms with Crippen LogP contribution in [0.15, 0.2) is 0 Å². The van der Waals surface area contributed by atoms with E-state index < -0.39 is 24.7 Å². The molecule has 0 amide bonds. The minimum absolute atomic E-state index is 0.233. The highest BCUT2D eigenvalue weighted by Crippen LogP contribution is 2.16. The van der Waals surface area contributed by atoms with Gasteiger partial charge in [0.05, 0.1) is 6.61 Å². The van der Waals surface area contributed by atoms with E-state index in [2.05, 4.69) is 4.74 Å². The second-order valence-corrected chi connectivity index (χ2v) is 2.23. The first-order valence-electron chi connectivity index (χ1n) is 2.93. The van der Waals surface area contributed by atoms with Gasteiger partial charge in [0.15, 0.2) is 12.5 Å². The average Bonchev–Trinajstić information content (AvgIpc) is 1.93. The van der Waals surface area contributed by atoms with E-state index in [1.807, 2.05) is 0 Å². The summed E-state index contributed by atoms with van der Waals surface area (Å²) in [5.41, 5.74) is 0. The molecule has 0 saturated carbocycles. The number of aliphatic hydroxyl groups is 3. The quantitative estimate of drug-likeness (QED) is 0.391. The minimum Gasteiger partial charge on any atom is -0.388 e. The number of ether oxygens (including phenoxy) is 1. The zero-order chi connectivity index (χ0) is 7.72. The Morgan fingerprint density at radius 3 is 2.40 bits per heavy atom. The van der Waals surface area contributed by atoms with Crippen LogP contribution in [0.4, 0.5) is 4.39 Å². The summed E-state index contributed by atoms with van der Waals surface area (Å²) >= 11 is 0. The van der Waals surface area contributed by atoms with Crippen molar-refractivity contribution in [1.82, 2.24) is 0 Å². The lowest BCUT2D eigenvalue weighted by Gasteiger charge is -2.30. The van der Waals surface area contributed by atoms with Crippen LogP contribution in [-0.4, -0.2) is 46.6 Å². The molecule has 1 rings (SSSR count). The van der Waals surface area contributed by atoms with Gasteiger partial charge >= 0.3 is 0 Å². The summed E-state index contributed by atoms with van der Waals surface area (Å²) in [5, 5.41) is 26.1. The molecule has 0 radical (unpaired) electrons. The Bertz CT molecular complexity index is 106. The van der Waals surface area contributed by atoms with Crippen LogP contribution in [0.3, 0.4) is 0 Å². The molecule has 0 aromatic carbocycles. The normalized spacial score (nSPS) is 49.2. The molecule has 0 aromatic heterocycles. The number of aliphatic hydroxyl groups excluding tert-OH is 3. The van der Waals surface area contributed by atoms with Gasteiger partial charge in [-0.3, -0.25) is 0 Å². The summed E-state index contributed by atoms with van der Waals surface area (Å²) < 4.78 is 16.8. The topological polar surface area (TPSA) is 69.9 Å². The Kier molecular flexibility index (Phi) is 2.20. The molecule has 1 aliphatic rings. The number of rotatable bonds is 0. The number of alkyl halides is 1. The zero-order valence-corrected chi connectivity index (χ0v) is 5.14. The van der Waals surface area contributed by atoms with E-state index >= 15 is 0 Å². The summed E-state index contributed by atoms with van der Waals surface area (Å²) in [6, 6.07) is 0. The Labute approximate surface area is 56.9 Å². The third kappa shape index (κ3) is 1.27. The second-order valence-electron chi connectivity index (χ2n) is 2.23. The summed E-state index contributed by atoms with van der Waals surface area (Å²) in [6.07, 6.45) is -6.30. The second kappa shape index (κ2) is 2.79. The van der Waals surface area contributed by atoms with Gasteiger partial charge < -0.3 is 20.1 Å². The van der Waals surface area contributed by atoms with Gasteiger partial charge in [0.1, 0.15) is 12.2 Å². The Morgan fingerprint density at radius 1 is 1.30 bits per heavy atom. The van der Waals surface area contributed by atoms with Crippen molar-refractivity contribution in [3.05, 3.63) is 0 Å². The monoisotopic (exact) mass is 152 g/mol. The van der Waals surface area contributed by atoms with Gasteiger partial charge in [-0.05, 0) is 0 Å². The molecule has 1 saturated heterocycles. The molecular weight excluding hydrogens is 143 g/mol.